The molecule has 0 fully saturated rings. The zero-order valence-electron chi connectivity index (χ0n) is 12.8. The Balaban J connectivity index is 2.52. The summed E-state index contributed by atoms with van der Waals surface area (Å²) in [5.74, 6) is -0.365. The van der Waals surface area contributed by atoms with E-state index in [2.05, 4.69) is 10.6 Å². The lowest BCUT2D eigenvalue weighted by molar-refractivity contribution is -0.121. The molecule has 6 heteroatoms. The van der Waals surface area contributed by atoms with E-state index in [9.17, 15) is 9.59 Å². The molecule has 0 aliphatic rings. The largest absolute Gasteiger partial charge is 0.387 e. The number of methoxy groups -OCH3 is 1. The van der Waals surface area contributed by atoms with E-state index in [1.54, 1.807) is 33.3 Å². The topological polar surface area (TPSA) is 70.7 Å². The van der Waals surface area contributed by atoms with Crippen molar-refractivity contribution in [3.05, 3.63) is 29.8 Å². The molecule has 21 heavy (non-hydrogen) atoms. The predicted octanol–water partition coefficient (Wildman–Crippen LogP) is 0.953. The molecule has 0 bridgehead atoms. The van der Waals surface area contributed by atoms with E-state index in [1.807, 2.05) is 12.1 Å². The average molecular weight is 293 g/mol. The van der Waals surface area contributed by atoms with Crippen LogP contribution >= 0.6 is 0 Å². The van der Waals surface area contributed by atoms with Gasteiger partial charge in [0.1, 0.15) is 0 Å². The zero-order valence-corrected chi connectivity index (χ0v) is 12.8. The first-order valence-electron chi connectivity index (χ1n) is 6.88. The Kier molecular flexibility index (Phi) is 7.25. The van der Waals surface area contributed by atoms with Crippen molar-refractivity contribution in [2.24, 2.45) is 0 Å². The van der Waals surface area contributed by atoms with Gasteiger partial charge in [0, 0.05) is 40.0 Å². The summed E-state index contributed by atoms with van der Waals surface area (Å²) in [5.41, 5.74) is 1.30. The van der Waals surface area contributed by atoms with Gasteiger partial charge in [0.15, 0.2) is 0 Å². The van der Waals surface area contributed by atoms with E-state index >= 15 is 0 Å². The molecule has 0 atom stereocenters. The average Bonchev–Trinajstić information content (AvgIpc) is 2.50. The summed E-state index contributed by atoms with van der Waals surface area (Å²) >= 11 is 0. The molecule has 0 saturated carbocycles. The molecule has 116 valence electrons. The molecule has 0 aromatic heterocycles. The van der Waals surface area contributed by atoms with Crippen LogP contribution in [0.25, 0.3) is 0 Å². The van der Waals surface area contributed by atoms with Gasteiger partial charge in [-0.3, -0.25) is 9.59 Å². The fourth-order valence-corrected chi connectivity index (χ4v) is 1.88. The molecule has 0 unspecified atom stereocenters. The van der Waals surface area contributed by atoms with Crippen molar-refractivity contribution in [1.29, 1.82) is 0 Å². The van der Waals surface area contributed by atoms with E-state index in [4.69, 9.17) is 4.74 Å². The van der Waals surface area contributed by atoms with E-state index in [0.29, 0.717) is 18.7 Å². The highest BCUT2D eigenvalue weighted by atomic mass is 16.5. The van der Waals surface area contributed by atoms with Crippen molar-refractivity contribution in [1.82, 2.24) is 10.2 Å². The Morgan fingerprint density at radius 1 is 1.29 bits per heavy atom. The highest BCUT2D eigenvalue weighted by Crippen LogP contribution is 2.15. The molecule has 1 aromatic rings. The Morgan fingerprint density at radius 2 is 2.00 bits per heavy atom. The minimum Gasteiger partial charge on any atom is -0.387 e. The number of para-hydroxylation sites is 1. The first-order valence-corrected chi connectivity index (χ1v) is 6.88. The zero-order chi connectivity index (χ0) is 15.7. The number of nitrogens with zero attached hydrogens (tertiary/aromatic N) is 1. The van der Waals surface area contributed by atoms with Gasteiger partial charge in [-0.15, -0.1) is 0 Å². The van der Waals surface area contributed by atoms with Crippen LogP contribution in [0.1, 0.15) is 16.8 Å². The van der Waals surface area contributed by atoms with Crippen LogP contribution in [-0.4, -0.2) is 57.6 Å². The molecule has 0 heterocycles. The molecule has 1 aromatic carbocycles. The lowest BCUT2D eigenvalue weighted by Gasteiger charge is -2.18. The smallest absolute Gasteiger partial charge is 0.256 e. The molecular weight excluding hydrogens is 270 g/mol. The number of benzene rings is 1. The number of carbonyl (C=O) groups is 2. The standard InChI is InChI=1S/C15H23N3O3/c1-16-13-8-5-4-7-12(13)15(20)18(2)11-14(19)17-9-6-10-21-3/h4-5,7-8,16H,6,9-11H2,1-3H3,(H,17,19). The molecule has 0 saturated heterocycles. The van der Waals surface area contributed by atoms with Gasteiger partial charge in [-0.1, -0.05) is 12.1 Å². The van der Waals surface area contributed by atoms with Crippen molar-refractivity contribution in [3.8, 4) is 0 Å². The maximum absolute atomic E-state index is 12.3. The molecule has 0 spiro atoms. The monoisotopic (exact) mass is 293 g/mol. The normalized spacial score (nSPS) is 10.0. The predicted molar refractivity (Wildman–Crippen MR) is 82.5 cm³/mol. The van der Waals surface area contributed by atoms with E-state index in [0.717, 1.165) is 12.1 Å². The number of ether oxygens (including phenoxy) is 1. The van der Waals surface area contributed by atoms with Crippen LogP contribution in [0.2, 0.25) is 0 Å². The molecule has 6 nitrogen and oxygen atoms in total. The Morgan fingerprint density at radius 3 is 2.67 bits per heavy atom. The second kappa shape index (κ2) is 8.97. The summed E-state index contributed by atoms with van der Waals surface area (Å²) in [5, 5.41) is 5.73. The lowest BCUT2D eigenvalue weighted by Crippen LogP contribution is -2.39. The number of rotatable bonds is 8. The van der Waals surface area contributed by atoms with Crippen molar-refractivity contribution in [2.45, 2.75) is 6.42 Å². The second-order valence-corrected chi connectivity index (χ2v) is 4.65. The molecule has 2 amide bonds. The summed E-state index contributed by atoms with van der Waals surface area (Å²) < 4.78 is 4.90. The SMILES string of the molecule is CNc1ccccc1C(=O)N(C)CC(=O)NCCCOC. The number of nitrogens with one attached hydrogen (secondary N) is 2. The lowest BCUT2D eigenvalue weighted by atomic mass is 10.1. The third-order valence-corrected chi connectivity index (χ3v) is 3.00. The van der Waals surface area contributed by atoms with Crippen LogP contribution < -0.4 is 10.6 Å². The van der Waals surface area contributed by atoms with Crippen LogP contribution in [0, 0.1) is 0 Å². The van der Waals surface area contributed by atoms with E-state index < -0.39 is 0 Å². The van der Waals surface area contributed by atoms with E-state index in [1.165, 1.54) is 4.90 Å². The van der Waals surface area contributed by atoms with Gasteiger partial charge in [-0.05, 0) is 18.6 Å². The van der Waals surface area contributed by atoms with Crippen molar-refractivity contribution < 1.29 is 14.3 Å². The van der Waals surface area contributed by atoms with Gasteiger partial charge >= 0.3 is 0 Å². The van der Waals surface area contributed by atoms with Gasteiger partial charge < -0.3 is 20.3 Å². The van der Waals surface area contributed by atoms with Gasteiger partial charge in [0.2, 0.25) is 5.91 Å². The Hall–Kier alpha value is -2.08. The number of hydrogen-bond acceptors (Lipinski definition) is 4. The van der Waals surface area contributed by atoms with Gasteiger partial charge in [0.25, 0.3) is 5.91 Å². The summed E-state index contributed by atoms with van der Waals surface area (Å²) in [7, 11) is 4.99. The number of anilines is 1. The quantitative estimate of drug-likeness (QED) is 0.700. The molecule has 2 N–H and O–H groups in total. The third kappa shape index (κ3) is 5.43. The first kappa shape index (κ1) is 17.0. The minimum absolute atomic E-state index is 0.0316. The van der Waals surface area contributed by atoms with E-state index in [-0.39, 0.29) is 18.4 Å². The van der Waals surface area contributed by atoms with Crippen LogP contribution in [0.15, 0.2) is 24.3 Å². The Labute approximate surface area is 125 Å². The van der Waals surface area contributed by atoms with Crippen LogP contribution in [-0.2, 0) is 9.53 Å². The highest BCUT2D eigenvalue weighted by molar-refractivity contribution is 6.00. The molecule has 1 rings (SSSR count). The summed E-state index contributed by atoms with van der Waals surface area (Å²) in [6, 6.07) is 7.21. The molecule has 0 aliphatic carbocycles. The van der Waals surface area contributed by atoms with Crippen LogP contribution in [0.4, 0.5) is 5.69 Å². The van der Waals surface area contributed by atoms with Crippen molar-refractivity contribution in [2.75, 3.05) is 46.2 Å². The van der Waals surface area contributed by atoms with Crippen molar-refractivity contribution >= 4 is 17.5 Å². The number of carbonyl (C=O) groups excluding carboxylic acids is 2. The maximum Gasteiger partial charge on any atom is 0.256 e. The van der Waals surface area contributed by atoms with Crippen LogP contribution in [0.5, 0.6) is 0 Å². The van der Waals surface area contributed by atoms with Gasteiger partial charge in [-0.2, -0.15) is 0 Å². The highest BCUT2D eigenvalue weighted by Gasteiger charge is 2.17. The van der Waals surface area contributed by atoms with Gasteiger partial charge in [-0.25, -0.2) is 0 Å². The van der Waals surface area contributed by atoms with Gasteiger partial charge in [0.05, 0.1) is 12.1 Å². The Bertz CT molecular complexity index is 477. The van der Waals surface area contributed by atoms with Crippen molar-refractivity contribution in [3.63, 3.8) is 0 Å². The first-order chi connectivity index (χ1) is 10.1. The fourth-order valence-electron chi connectivity index (χ4n) is 1.88. The second-order valence-electron chi connectivity index (χ2n) is 4.65. The maximum atomic E-state index is 12.3. The summed E-state index contributed by atoms with van der Waals surface area (Å²) in [4.78, 5) is 25.5. The number of hydrogen-bond donors (Lipinski definition) is 2. The summed E-state index contributed by atoms with van der Waals surface area (Å²) in [6.07, 6.45) is 0.752. The third-order valence-electron chi connectivity index (χ3n) is 3.00. The molecule has 0 radical (unpaired) electrons. The molecular formula is C15H23N3O3. The minimum atomic E-state index is -0.188. The number of amides is 2. The molecule has 0 aliphatic heterocycles. The summed E-state index contributed by atoms with van der Waals surface area (Å²) in [6.45, 7) is 1.18. The fraction of sp³-hybridized carbons (Fsp3) is 0.467. The van der Waals surface area contributed by atoms with Crippen LogP contribution in [0.3, 0.4) is 0 Å². The number of likely N-dealkylation sites (N-methyl/N-ethyl adjacent to an activating group) is 1.